The maximum absolute atomic E-state index is 14.1. The van der Waals surface area contributed by atoms with Crippen LogP contribution in [0.15, 0.2) is 41.4 Å². The van der Waals surface area contributed by atoms with Crippen LogP contribution in [-0.4, -0.2) is 61.7 Å². The molecule has 1 amide bonds. The summed E-state index contributed by atoms with van der Waals surface area (Å²) < 4.78 is 39.3. The Balaban J connectivity index is 1.54. The van der Waals surface area contributed by atoms with Crippen molar-refractivity contribution in [2.75, 3.05) is 38.0 Å². The van der Waals surface area contributed by atoms with Gasteiger partial charge < -0.3 is 10.6 Å². The molecular formula is C24H27F3N4O. The van der Waals surface area contributed by atoms with Crippen LogP contribution in [0.5, 0.6) is 0 Å². The average molecular weight is 445 g/mol. The predicted molar refractivity (Wildman–Crippen MR) is 120 cm³/mol. The van der Waals surface area contributed by atoms with E-state index in [0.717, 1.165) is 16.8 Å². The zero-order chi connectivity index (χ0) is 22.7. The van der Waals surface area contributed by atoms with E-state index < -0.39 is 6.43 Å². The van der Waals surface area contributed by atoms with Gasteiger partial charge in [-0.15, -0.1) is 0 Å². The number of hydrogen-bond acceptors (Lipinski definition) is 4. The maximum Gasteiger partial charge on any atom is 0.270 e. The van der Waals surface area contributed by atoms with Gasteiger partial charge in [0.1, 0.15) is 11.5 Å². The smallest absolute Gasteiger partial charge is 0.270 e. The molecule has 1 saturated heterocycles. The second-order valence-corrected chi connectivity index (χ2v) is 8.27. The zero-order valence-corrected chi connectivity index (χ0v) is 18.0. The van der Waals surface area contributed by atoms with Gasteiger partial charge in [0.25, 0.3) is 12.3 Å². The number of nitrogens with zero attached hydrogens (tertiary/aromatic N) is 2. The minimum atomic E-state index is -2.35. The number of fused-ring (bicyclic) bond motifs is 1. The first-order valence-electron chi connectivity index (χ1n) is 10.9. The van der Waals surface area contributed by atoms with E-state index in [1.54, 1.807) is 17.9 Å². The van der Waals surface area contributed by atoms with Crippen molar-refractivity contribution in [1.29, 1.82) is 0 Å². The molecule has 0 aliphatic carbocycles. The van der Waals surface area contributed by atoms with E-state index in [9.17, 15) is 18.0 Å². The molecule has 0 spiro atoms. The van der Waals surface area contributed by atoms with Crippen molar-refractivity contribution in [3.63, 3.8) is 0 Å². The van der Waals surface area contributed by atoms with E-state index in [1.165, 1.54) is 6.07 Å². The van der Waals surface area contributed by atoms with Gasteiger partial charge in [-0.2, -0.15) is 0 Å². The van der Waals surface area contributed by atoms with Gasteiger partial charge in [0.15, 0.2) is 0 Å². The molecule has 0 radical (unpaired) electrons. The van der Waals surface area contributed by atoms with E-state index in [0.29, 0.717) is 55.9 Å². The molecule has 2 aliphatic heterocycles. The maximum atomic E-state index is 14.1. The van der Waals surface area contributed by atoms with Gasteiger partial charge in [0.2, 0.25) is 0 Å². The molecule has 0 saturated carbocycles. The molecule has 0 aromatic heterocycles. The highest BCUT2D eigenvalue weighted by Gasteiger charge is 2.26. The van der Waals surface area contributed by atoms with Gasteiger partial charge in [-0.1, -0.05) is 18.2 Å². The third-order valence-electron chi connectivity index (χ3n) is 6.08. The summed E-state index contributed by atoms with van der Waals surface area (Å²) in [6, 6.07) is 10.6. The fourth-order valence-corrected chi connectivity index (χ4v) is 4.33. The number of piperidine rings is 1. The lowest BCUT2D eigenvalue weighted by Crippen LogP contribution is -2.47. The van der Waals surface area contributed by atoms with Crippen LogP contribution in [0.2, 0.25) is 0 Å². The summed E-state index contributed by atoms with van der Waals surface area (Å²) in [5, 5.41) is 6.34. The summed E-state index contributed by atoms with van der Waals surface area (Å²) in [5.41, 5.74) is 3.95. The van der Waals surface area contributed by atoms with Crippen LogP contribution in [0.3, 0.4) is 0 Å². The molecule has 0 unspecified atom stereocenters. The number of rotatable bonds is 5. The third kappa shape index (κ3) is 4.96. The summed E-state index contributed by atoms with van der Waals surface area (Å²) in [6.07, 6.45) is -1.10. The summed E-state index contributed by atoms with van der Waals surface area (Å²) in [7, 11) is 0. The number of carbonyl (C=O) groups is 1. The summed E-state index contributed by atoms with van der Waals surface area (Å²) >= 11 is 0. The second-order valence-electron chi connectivity index (χ2n) is 8.27. The number of halogens is 3. The monoisotopic (exact) mass is 444 g/mol. The topological polar surface area (TPSA) is 56.7 Å². The molecule has 0 bridgehead atoms. The number of carbonyl (C=O) groups excluding carboxylic acids is 1. The first-order valence-corrected chi connectivity index (χ1v) is 10.9. The first kappa shape index (κ1) is 22.3. The zero-order valence-electron chi connectivity index (χ0n) is 18.0. The number of benzodiazepines with no additional fused rings is 1. The van der Waals surface area contributed by atoms with E-state index in [-0.39, 0.29) is 24.3 Å². The molecule has 2 N–H and O–H groups in total. The number of amides is 1. The van der Waals surface area contributed by atoms with Crippen molar-refractivity contribution in [1.82, 2.24) is 10.2 Å². The lowest BCUT2D eigenvalue weighted by Gasteiger charge is -2.32. The lowest BCUT2D eigenvalue weighted by atomic mass is 9.95. The summed E-state index contributed by atoms with van der Waals surface area (Å²) in [4.78, 5) is 19.4. The Morgan fingerprint density at radius 3 is 2.75 bits per heavy atom. The lowest BCUT2D eigenvalue weighted by molar-refractivity contribution is -0.115. The highest BCUT2D eigenvalue weighted by Crippen LogP contribution is 2.30. The van der Waals surface area contributed by atoms with Crippen molar-refractivity contribution in [3.8, 4) is 11.1 Å². The van der Waals surface area contributed by atoms with E-state index >= 15 is 0 Å². The molecule has 2 aromatic carbocycles. The quantitative estimate of drug-likeness (QED) is 0.737. The van der Waals surface area contributed by atoms with Gasteiger partial charge in [0.05, 0.1) is 13.1 Å². The van der Waals surface area contributed by atoms with Crippen molar-refractivity contribution < 1.29 is 18.0 Å². The minimum absolute atomic E-state index is 0.0765. The number of anilines is 1. The summed E-state index contributed by atoms with van der Waals surface area (Å²) in [5.74, 6) is -0.546. The van der Waals surface area contributed by atoms with Crippen molar-refractivity contribution in [2.45, 2.75) is 32.2 Å². The number of benzene rings is 2. The van der Waals surface area contributed by atoms with Crippen LogP contribution < -0.4 is 10.6 Å². The van der Waals surface area contributed by atoms with Gasteiger partial charge >= 0.3 is 0 Å². The number of nitrogens with one attached hydrogen (secondary N) is 2. The highest BCUT2D eigenvalue weighted by molar-refractivity contribution is 6.46. The molecule has 2 heterocycles. The third-order valence-corrected chi connectivity index (χ3v) is 6.08. The van der Waals surface area contributed by atoms with Crippen LogP contribution in [0.1, 0.15) is 24.0 Å². The molecule has 0 atom stereocenters. The van der Waals surface area contributed by atoms with Crippen LogP contribution >= 0.6 is 0 Å². The van der Waals surface area contributed by atoms with Crippen LogP contribution in [-0.2, 0) is 4.79 Å². The first-order chi connectivity index (χ1) is 15.4. The molecule has 5 nitrogen and oxygen atoms in total. The highest BCUT2D eigenvalue weighted by atomic mass is 19.3. The normalized spacial score (nSPS) is 17.3. The Hall–Kier alpha value is -2.87. The Labute approximate surface area is 185 Å². The Kier molecular flexibility index (Phi) is 6.79. The Morgan fingerprint density at radius 1 is 1.22 bits per heavy atom. The number of hydrogen-bond donors (Lipinski definition) is 2. The molecule has 4 rings (SSSR count). The molecule has 8 heteroatoms. The van der Waals surface area contributed by atoms with Crippen molar-refractivity contribution in [2.24, 2.45) is 4.99 Å². The molecule has 2 aromatic rings. The molecule has 32 heavy (non-hydrogen) atoms. The van der Waals surface area contributed by atoms with Gasteiger partial charge in [0, 0.05) is 36.9 Å². The number of alkyl halides is 2. The van der Waals surface area contributed by atoms with Crippen molar-refractivity contribution in [3.05, 3.63) is 53.3 Å². The standard InChI is InChI=1S/C24H27F3N4O/c1-15-18(3-2-4-20(15)25)16-5-6-21-19(13-16)23(29-10-9-28-21)24(32)30-17-7-11-31(12-8-17)14-22(26)27/h2-6,13,17,22,28H,7-12,14H2,1H3,(H,30,32). The Morgan fingerprint density at radius 2 is 2.00 bits per heavy atom. The number of likely N-dealkylation sites (tertiary alicyclic amines) is 1. The van der Waals surface area contributed by atoms with E-state index in [4.69, 9.17) is 0 Å². The Bertz CT molecular complexity index is 1020. The van der Waals surface area contributed by atoms with E-state index in [2.05, 4.69) is 15.6 Å². The summed E-state index contributed by atoms with van der Waals surface area (Å²) in [6.45, 7) is 3.63. The van der Waals surface area contributed by atoms with Crippen molar-refractivity contribution >= 4 is 17.3 Å². The van der Waals surface area contributed by atoms with Crippen LogP contribution in [0.25, 0.3) is 11.1 Å². The minimum Gasteiger partial charge on any atom is -0.383 e. The van der Waals surface area contributed by atoms with Gasteiger partial charge in [-0.05, 0) is 54.7 Å². The van der Waals surface area contributed by atoms with Crippen LogP contribution in [0.4, 0.5) is 18.9 Å². The molecule has 170 valence electrons. The second kappa shape index (κ2) is 9.73. The number of aliphatic imine (C=N–C) groups is 1. The molecule has 2 aliphatic rings. The molecular weight excluding hydrogens is 417 g/mol. The molecule has 1 fully saturated rings. The van der Waals surface area contributed by atoms with Gasteiger partial charge in [-0.25, -0.2) is 13.2 Å². The fraction of sp³-hybridized carbons (Fsp3) is 0.417. The average Bonchev–Trinajstić information content (AvgIpc) is 2.98. The van der Waals surface area contributed by atoms with E-state index in [1.807, 2.05) is 24.3 Å². The fourth-order valence-electron chi connectivity index (χ4n) is 4.33. The largest absolute Gasteiger partial charge is 0.383 e. The van der Waals surface area contributed by atoms with Gasteiger partial charge in [-0.3, -0.25) is 14.7 Å². The SMILES string of the molecule is Cc1c(F)cccc1-c1ccc2c(c1)C(C(=O)NC1CCN(CC(F)F)CC1)=NCCN2. The van der Waals surface area contributed by atoms with Crippen LogP contribution in [0, 0.1) is 12.7 Å². The predicted octanol–water partition coefficient (Wildman–Crippen LogP) is 3.86.